The van der Waals surface area contributed by atoms with Crippen LogP contribution in [0.1, 0.15) is 10.4 Å². The van der Waals surface area contributed by atoms with Crippen molar-refractivity contribution in [1.82, 2.24) is 25.3 Å². The molecule has 32 heavy (non-hydrogen) atoms. The van der Waals surface area contributed by atoms with E-state index in [1.807, 2.05) is 29.6 Å². The number of benzene rings is 1. The molecule has 5 rings (SSSR count). The maximum Gasteiger partial charge on any atom is 0.251 e. The van der Waals surface area contributed by atoms with Gasteiger partial charge in [0.1, 0.15) is 0 Å². The normalized spacial score (nSPS) is 16.2. The van der Waals surface area contributed by atoms with Crippen LogP contribution in [0.15, 0.2) is 54.2 Å². The van der Waals surface area contributed by atoms with E-state index in [1.54, 1.807) is 35.9 Å². The summed E-state index contributed by atoms with van der Waals surface area (Å²) in [5.41, 5.74) is 7.82. The van der Waals surface area contributed by atoms with E-state index in [-0.39, 0.29) is 18.0 Å². The Morgan fingerprint density at radius 1 is 1.19 bits per heavy atom. The molecule has 9 nitrogen and oxygen atoms in total. The van der Waals surface area contributed by atoms with Crippen LogP contribution in [-0.2, 0) is 4.74 Å². The fourth-order valence-corrected chi connectivity index (χ4v) is 4.43. The number of anilines is 2. The third-order valence-corrected chi connectivity index (χ3v) is 6.08. The van der Waals surface area contributed by atoms with Crippen LogP contribution >= 0.6 is 11.3 Å². The predicted molar refractivity (Wildman–Crippen MR) is 124 cm³/mol. The summed E-state index contributed by atoms with van der Waals surface area (Å²) >= 11 is 1.60. The molecule has 162 valence electrons. The van der Waals surface area contributed by atoms with Crippen LogP contribution in [-0.4, -0.2) is 58.2 Å². The van der Waals surface area contributed by atoms with Gasteiger partial charge >= 0.3 is 0 Å². The largest absolute Gasteiger partial charge is 0.373 e. The number of carbonyl (C=O) groups excluding carboxylic acids is 1. The minimum Gasteiger partial charge on any atom is -0.373 e. The first-order valence-corrected chi connectivity index (χ1v) is 11.1. The third kappa shape index (κ3) is 4.23. The number of thiophene rings is 1. The highest BCUT2D eigenvalue weighted by Gasteiger charge is 2.25. The summed E-state index contributed by atoms with van der Waals surface area (Å²) in [5.74, 6) is 1.49. The number of carbonyl (C=O) groups is 1. The van der Waals surface area contributed by atoms with Gasteiger partial charge in [-0.1, -0.05) is 18.2 Å². The van der Waals surface area contributed by atoms with Gasteiger partial charge in [-0.15, -0.1) is 11.3 Å². The van der Waals surface area contributed by atoms with Gasteiger partial charge in [0.2, 0.25) is 5.95 Å². The molecule has 4 heterocycles. The second kappa shape index (κ2) is 8.85. The molecule has 1 atom stereocenters. The SMILES string of the molecule is Nc1ncc(-c2nc(N3CCOC(CNC(=O)c4ccccc4)C3)c3sccc3n2)cn1. The van der Waals surface area contributed by atoms with Gasteiger partial charge in [-0.2, -0.15) is 0 Å². The highest BCUT2D eigenvalue weighted by molar-refractivity contribution is 7.17. The number of nitrogen functional groups attached to an aromatic ring is 1. The lowest BCUT2D eigenvalue weighted by Gasteiger charge is -2.34. The molecule has 0 bridgehead atoms. The lowest BCUT2D eigenvalue weighted by atomic mass is 10.2. The number of nitrogens with one attached hydrogen (secondary N) is 1. The highest BCUT2D eigenvalue weighted by atomic mass is 32.1. The van der Waals surface area contributed by atoms with Gasteiger partial charge < -0.3 is 20.7 Å². The number of nitrogens with zero attached hydrogens (tertiary/aromatic N) is 5. The van der Waals surface area contributed by atoms with Crippen LogP contribution in [0, 0.1) is 0 Å². The van der Waals surface area contributed by atoms with Crippen LogP contribution < -0.4 is 16.0 Å². The van der Waals surface area contributed by atoms with Crippen LogP contribution in [0.4, 0.5) is 11.8 Å². The minimum atomic E-state index is -0.148. The van der Waals surface area contributed by atoms with E-state index in [0.717, 1.165) is 16.0 Å². The van der Waals surface area contributed by atoms with Crippen molar-refractivity contribution in [2.45, 2.75) is 6.10 Å². The summed E-state index contributed by atoms with van der Waals surface area (Å²) in [6.07, 6.45) is 3.10. The molecular formula is C22H21N7O2S. The molecule has 0 spiro atoms. The van der Waals surface area contributed by atoms with Crippen molar-refractivity contribution in [3.05, 3.63) is 59.7 Å². The average Bonchev–Trinajstić information content (AvgIpc) is 3.32. The molecule has 1 amide bonds. The molecule has 0 saturated carbocycles. The van der Waals surface area contributed by atoms with Crippen molar-refractivity contribution >= 4 is 39.2 Å². The fourth-order valence-electron chi connectivity index (χ4n) is 3.58. The Kier molecular flexibility index (Phi) is 5.61. The molecule has 0 aliphatic carbocycles. The molecule has 1 saturated heterocycles. The summed E-state index contributed by atoms with van der Waals surface area (Å²) in [6.45, 7) is 2.27. The standard InChI is InChI=1S/C22H21N7O2S/c23-22-25-10-15(11-26-22)19-27-17-6-9-32-18(17)20(28-19)29-7-8-31-16(13-29)12-24-21(30)14-4-2-1-3-5-14/h1-6,9-11,16H,7-8,12-13H2,(H,24,30)(H2,23,25,26). The lowest BCUT2D eigenvalue weighted by Crippen LogP contribution is -2.48. The second-order valence-electron chi connectivity index (χ2n) is 7.35. The number of morpholine rings is 1. The van der Waals surface area contributed by atoms with Gasteiger partial charge in [0.15, 0.2) is 11.6 Å². The zero-order valence-electron chi connectivity index (χ0n) is 17.1. The van der Waals surface area contributed by atoms with Crippen molar-refractivity contribution in [3.8, 4) is 11.4 Å². The Morgan fingerprint density at radius 3 is 2.81 bits per heavy atom. The Labute approximate surface area is 188 Å². The Balaban J connectivity index is 1.36. The smallest absolute Gasteiger partial charge is 0.251 e. The number of hydrogen-bond donors (Lipinski definition) is 2. The van der Waals surface area contributed by atoms with E-state index in [0.29, 0.717) is 43.2 Å². The zero-order valence-corrected chi connectivity index (χ0v) is 18.0. The van der Waals surface area contributed by atoms with Crippen molar-refractivity contribution in [2.75, 3.05) is 36.9 Å². The number of hydrogen-bond acceptors (Lipinski definition) is 9. The maximum atomic E-state index is 12.4. The van der Waals surface area contributed by atoms with Crippen molar-refractivity contribution in [3.63, 3.8) is 0 Å². The summed E-state index contributed by atoms with van der Waals surface area (Å²) in [4.78, 5) is 32.2. The number of rotatable bonds is 5. The zero-order chi connectivity index (χ0) is 21.9. The monoisotopic (exact) mass is 447 g/mol. The van der Waals surface area contributed by atoms with E-state index in [1.165, 1.54) is 0 Å². The molecule has 3 N–H and O–H groups in total. The van der Waals surface area contributed by atoms with Gasteiger partial charge in [-0.3, -0.25) is 4.79 Å². The average molecular weight is 448 g/mol. The van der Waals surface area contributed by atoms with Crippen molar-refractivity contribution in [2.24, 2.45) is 0 Å². The van der Waals surface area contributed by atoms with Gasteiger partial charge in [0.25, 0.3) is 5.91 Å². The van der Waals surface area contributed by atoms with Gasteiger partial charge in [0.05, 0.1) is 28.5 Å². The minimum absolute atomic E-state index is 0.111. The maximum absolute atomic E-state index is 12.4. The van der Waals surface area contributed by atoms with Gasteiger partial charge in [-0.25, -0.2) is 19.9 Å². The number of aromatic nitrogens is 4. The number of ether oxygens (including phenoxy) is 1. The molecular weight excluding hydrogens is 426 g/mol. The van der Waals surface area contributed by atoms with E-state index < -0.39 is 0 Å². The molecule has 3 aromatic heterocycles. The van der Waals surface area contributed by atoms with Crippen LogP contribution in [0.2, 0.25) is 0 Å². The molecule has 1 aliphatic heterocycles. The molecule has 10 heteroatoms. The first kappa shape index (κ1) is 20.3. The summed E-state index contributed by atoms with van der Waals surface area (Å²) in [5, 5.41) is 4.97. The molecule has 1 fully saturated rings. The predicted octanol–water partition coefficient (Wildman–Crippen LogP) is 2.37. The molecule has 1 unspecified atom stereocenters. The Hall–Kier alpha value is -3.63. The van der Waals surface area contributed by atoms with E-state index >= 15 is 0 Å². The van der Waals surface area contributed by atoms with Crippen molar-refractivity contribution < 1.29 is 9.53 Å². The van der Waals surface area contributed by atoms with Crippen LogP contribution in [0.5, 0.6) is 0 Å². The second-order valence-corrected chi connectivity index (χ2v) is 8.27. The van der Waals surface area contributed by atoms with Crippen LogP contribution in [0.3, 0.4) is 0 Å². The van der Waals surface area contributed by atoms with E-state index in [4.69, 9.17) is 15.5 Å². The summed E-state index contributed by atoms with van der Waals surface area (Å²) < 4.78 is 6.92. The third-order valence-electron chi connectivity index (χ3n) is 5.18. The van der Waals surface area contributed by atoms with Gasteiger partial charge in [-0.05, 0) is 23.6 Å². The van der Waals surface area contributed by atoms with E-state index in [2.05, 4.69) is 25.2 Å². The lowest BCUT2D eigenvalue weighted by molar-refractivity contribution is 0.0395. The van der Waals surface area contributed by atoms with Crippen molar-refractivity contribution in [1.29, 1.82) is 0 Å². The summed E-state index contributed by atoms with van der Waals surface area (Å²) in [6, 6.07) is 11.1. The Morgan fingerprint density at radius 2 is 2.00 bits per heavy atom. The van der Waals surface area contributed by atoms with Gasteiger partial charge in [0, 0.05) is 37.6 Å². The van der Waals surface area contributed by atoms with E-state index in [9.17, 15) is 4.79 Å². The quantitative estimate of drug-likeness (QED) is 0.479. The molecule has 0 radical (unpaired) electrons. The first-order valence-electron chi connectivity index (χ1n) is 10.2. The fraction of sp³-hybridized carbons (Fsp3) is 0.227. The highest BCUT2D eigenvalue weighted by Crippen LogP contribution is 2.32. The Bertz CT molecular complexity index is 1230. The van der Waals surface area contributed by atoms with Crippen LogP contribution in [0.25, 0.3) is 21.6 Å². The summed E-state index contributed by atoms with van der Waals surface area (Å²) in [7, 11) is 0. The number of fused-ring (bicyclic) bond motifs is 1. The topological polar surface area (TPSA) is 119 Å². The number of nitrogens with two attached hydrogens (primary N) is 1. The first-order chi connectivity index (χ1) is 15.7. The number of amides is 1. The molecule has 1 aromatic carbocycles. The molecule has 4 aromatic rings. The molecule has 1 aliphatic rings.